The lowest BCUT2D eigenvalue weighted by molar-refractivity contribution is -0.113. The van der Waals surface area contributed by atoms with Crippen LogP contribution < -0.4 is 5.32 Å². The largest absolute Gasteiger partial charge is 0.464 e. The number of nitrogens with zero attached hydrogens (tertiary/aromatic N) is 3. The second-order valence-electron chi connectivity index (χ2n) is 5.80. The van der Waals surface area contributed by atoms with Gasteiger partial charge in [-0.15, -0.1) is 21.5 Å². The van der Waals surface area contributed by atoms with Gasteiger partial charge in [-0.2, -0.15) is 0 Å². The maximum Gasteiger partial charge on any atom is 0.341 e. The van der Waals surface area contributed by atoms with E-state index < -0.39 is 5.97 Å². The summed E-state index contributed by atoms with van der Waals surface area (Å²) in [5, 5.41) is 13.8. The Bertz CT molecular complexity index is 1150. The van der Waals surface area contributed by atoms with Gasteiger partial charge in [0, 0.05) is 17.1 Å². The predicted octanol–water partition coefficient (Wildman–Crippen LogP) is 3.96. The predicted molar refractivity (Wildman–Crippen MR) is 110 cm³/mol. The topological polar surface area (TPSA) is 98.7 Å². The first-order chi connectivity index (χ1) is 14.2. The second-order valence-corrected chi connectivity index (χ2v) is 7.62. The van der Waals surface area contributed by atoms with Crippen LogP contribution in [0.5, 0.6) is 0 Å². The van der Waals surface area contributed by atoms with Crippen LogP contribution in [0.4, 0.5) is 5.00 Å². The quantitative estimate of drug-likeness (QED) is 0.351. The molecule has 1 amide bonds. The molecule has 0 saturated heterocycles. The van der Waals surface area contributed by atoms with Gasteiger partial charge < -0.3 is 14.5 Å². The van der Waals surface area contributed by atoms with Gasteiger partial charge in [0.25, 0.3) is 0 Å². The Morgan fingerprint density at radius 3 is 2.97 bits per heavy atom. The number of aromatic nitrogens is 3. The SMILES string of the molecule is CCOC(=O)c1c(-c2ccco2)csc1NC(=O)CSc1nnc2ccccn12. The third-order valence-electron chi connectivity index (χ3n) is 3.92. The van der Waals surface area contributed by atoms with Gasteiger partial charge in [0.1, 0.15) is 16.3 Å². The molecule has 0 radical (unpaired) electrons. The lowest BCUT2D eigenvalue weighted by atomic mass is 10.1. The van der Waals surface area contributed by atoms with Gasteiger partial charge in [-0.3, -0.25) is 9.20 Å². The standard InChI is InChI=1S/C19H16N4O4S2/c1-2-26-18(25)16-12(13-6-5-9-27-13)10-28-17(16)20-15(24)11-29-19-22-21-14-7-3-4-8-23(14)19/h3-10H,2,11H2,1H3,(H,20,24). The molecule has 29 heavy (non-hydrogen) atoms. The van der Waals surface area contributed by atoms with Crippen molar-refractivity contribution in [3.05, 3.63) is 53.7 Å². The Labute approximate surface area is 173 Å². The average molecular weight is 428 g/mol. The van der Waals surface area contributed by atoms with Gasteiger partial charge in [-0.05, 0) is 31.2 Å². The summed E-state index contributed by atoms with van der Waals surface area (Å²) in [5.41, 5.74) is 1.59. The molecule has 0 saturated carbocycles. The molecule has 0 aromatic carbocycles. The van der Waals surface area contributed by atoms with Crippen molar-refractivity contribution in [3.63, 3.8) is 0 Å². The highest BCUT2D eigenvalue weighted by Crippen LogP contribution is 2.36. The zero-order valence-corrected chi connectivity index (χ0v) is 17.0. The van der Waals surface area contributed by atoms with Gasteiger partial charge in [0.05, 0.1) is 18.6 Å². The van der Waals surface area contributed by atoms with E-state index in [2.05, 4.69) is 15.5 Å². The third kappa shape index (κ3) is 4.03. The molecule has 4 aromatic rings. The molecule has 0 aliphatic carbocycles. The minimum absolute atomic E-state index is 0.117. The average Bonchev–Trinajstić information content (AvgIpc) is 3.46. The number of carbonyl (C=O) groups is 2. The Morgan fingerprint density at radius 2 is 2.17 bits per heavy atom. The first kappa shape index (κ1) is 19.2. The highest BCUT2D eigenvalue weighted by Gasteiger charge is 2.24. The first-order valence-corrected chi connectivity index (χ1v) is 10.6. The van der Waals surface area contributed by atoms with E-state index in [-0.39, 0.29) is 23.8 Å². The van der Waals surface area contributed by atoms with E-state index in [1.54, 1.807) is 24.4 Å². The summed E-state index contributed by atoms with van der Waals surface area (Å²) in [6.07, 6.45) is 3.36. The Balaban J connectivity index is 1.51. The fraction of sp³-hybridized carbons (Fsp3) is 0.158. The van der Waals surface area contributed by atoms with Crippen LogP contribution >= 0.6 is 23.1 Å². The van der Waals surface area contributed by atoms with Crippen LogP contribution in [0, 0.1) is 0 Å². The number of carbonyl (C=O) groups excluding carboxylic acids is 2. The summed E-state index contributed by atoms with van der Waals surface area (Å²) in [6, 6.07) is 9.07. The molecule has 8 nitrogen and oxygen atoms in total. The number of hydrogen-bond donors (Lipinski definition) is 1. The molecular weight excluding hydrogens is 412 g/mol. The van der Waals surface area contributed by atoms with E-state index >= 15 is 0 Å². The van der Waals surface area contributed by atoms with Crippen molar-refractivity contribution in [2.75, 3.05) is 17.7 Å². The maximum absolute atomic E-state index is 12.5. The van der Waals surface area contributed by atoms with E-state index in [1.165, 1.54) is 29.4 Å². The number of thioether (sulfide) groups is 1. The molecule has 0 atom stereocenters. The zero-order valence-electron chi connectivity index (χ0n) is 15.3. The van der Waals surface area contributed by atoms with Crippen LogP contribution in [0.2, 0.25) is 0 Å². The fourth-order valence-corrected chi connectivity index (χ4v) is 4.36. The summed E-state index contributed by atoms with van der Waals surface area (Å²) < 4.78 is 12.4. The van der Waals surface area contributed by atoms with Crippen molar-refractivity contribution >= 4 is 45.6 Å². The molecule has 0 fully saturated rings. The molecule has 0 spiro atoms. The molecule has 4 aromatic heterocycles. The Hall–Kier alpha value is -3.11. The normalized spacial score (nSPS) is 10.9. The number of hydrogen-bond acceptors (Lipinski definition) is 8. The number of nitrogens with one attached hydrogen (secondary N) is 1. The number of thiophene rings is 1. The Kier molecular flexibility index (Phi) is 5.63. The van der Waals surface area contributed by atoms with Crippen LogP contribution in [0.3, 0.4) is 0 Å². The van der Waals surface area contributed by atoms with E-state index in [0.29, 0.717) is 27.1 Å². The van der Waals surface area contributed by atoms with Crippen LogP contribution in [0.15, 0.2) is 57.7 Å². The van der Waals surface area contributed by atoms with Gasteiger partial charge in [-0.1, -0.05) is 17.8 Å². The molecule has 0 aliphatic rings. The molecule has 148 valence electrons. The van der Waals surface area contributed by atoms with Crippen LogP contribution in [-0.2, 0) is 9.53 Å². The summed E-state index contributed by atoms with van der Waals surface area (Å²) in [7, 11) is 0. The van der Waals surface area contributed by atoms with Gasteiger partial charge in [-0.25, -0.2) is 4.79 Å². The maximum atomic E-state index is 12.5. The van der Waals surface area contributed by atoms with Gasteiger partial charge in [0.2, 0.25) is 5.91 Å². The van der Waals surface area contributed by atoms with Crippen LogP contribution in [0.25, 0.3) is 17.0 Å². The summed E-state index contributed by atoms with van der Waals surface area (Å²) in [6.45, 7) is 1.96. The van der Waals surface area contributed by atoms with Gasteiger partial charge in [0.15, 0.2) is 10.8 Å². The van der Waals surface area contributed by atoms with Crippen molar-refractivity contribution in [3.8, 4) is 11.3 Å². The minimum Gasteiger partial charge on any atom is -0.464 e. The number of ether oxygens (including phenoxy) is 1. The monoisotopic (exact) mass is 428 g/mol. The number of amides is 1. The number of rotatable bonds is 7. The molecule has 0 bridgehead atoms. The second kappa shape index (κ2) is 8.50. The zero-order chi connectivity index (χ0) is 20.2. The van der Waals surface area contributed by atoms with Crippen molar-refractivity contribution in [2.45, 2.75) is 12.1 Å². The highest BCUT2D eigenvalue weighted by molar-refractivity contribution is 7.99. The van der Waals surface area contributed by atoms with E-state index in [0.717, 1.165) is 0 Å². The third-order valence-corrected chi connectivity index (χ3v) is 5.76. The molecule has 0 aliphatic heterocycles. The van der Waals surface area contributed by atoms with Gasteiger partial charge >= 0.3 is 5.97 Å². The molecular formula is C19H16N4O4S2. The van der Waals surface area contributed by atoms with Crippen molar-refractivity contribution < 1.29 is 18.7 Å². The first-order valence-electron chi connectivity index (χ1n) is 8.72. The summed E-state index contributed by atoms with van der Waals surface area (Å²) >= 11 is 2.51. The van der Waals surface area contributed by atoms with Crippen LogP contribution in [0.1, 0.15) is 17.3 Å². The lowest BCUT2D eigenvalue weighted by Gasteiger charge is -2.07. The number of anilines is 1. The van der Waals surface area contributed by atoms with E-state index in [4.69, 9.17) is 9.15 Å². The number of fused-ring (bicyclic) bond motifs is 1. The molecule has 0 unspecified atom stereocenters. The number of esters is 1. The number of furan rings is 1. The fourth-order valence-electron chi connectivity index (χ4n) is 2.68. The van der Waals surface area contributed by atoms with Crippen LogP contribution in [-0.4, -0.2) is 38.8 Å². The number of pyridine rings is 1. The van der Waals surface area contributed by atoms with Crippen molar-refractivity contribution in [2.24, 2.45) is 0 Å². The smallest absolute Gasteiger partial charge is 0.341 e. The Morgan fingerprint density at radius 1 is 1.28 bits per heavy atom. The van der Waals surface area contributed by atoms with Crippen molar-refractivity contribution in [1.29, 1.82) is 0 Å². The highest BCUT2D eigenvalue weighted by atomic mass is 32.2. The molecule has 10 heteroatoms. The molecule has 4 rings (SSSR count). The van der Waals surface area contributed by atoms with E-state index in [1.807, 2.05) is 28.8 Å². The van der Waals surface area contributed by atoms with E-state index in [9.17, 15) is 9.59 Å². The summed E-state index contributed by atoms with van der Waals surface area (Å²) in [5.74, 6) is -0.118. The van der Waals surface area contributed by atoms with Crippen molar-refractivity contribution in [1.82, 2.24) is 14.6 Å². The summed E-state index contributed by atoms with van der Waals surface area (Å²) in [4.78, 5) is 25.0. The molecule has 1 N–H and O–H groups in total. The lowest BCUT2D eigenvalue weighted by Crippen LogP contribution is -2.16. The molecule has 4 heterocycles. The minimum atomic E-state index is -0.508.